The van der Waals surface area contributed by atoms with Gasteiger partial charge < -0.3 is 19.7 Å². The van der Waals surface area contributed by atoms with E-state index in [-0.39, 0.29) is 24.7 Å². The second-order valence-corrected chi connectivity index (χ2v) is 9.75. The van der Waals surface area contributed by atoms with Gasteiger partial charge in [-0.05, 0) is 62.7 Å². The van der Waals surface area contributed by atoms with Gasteiger partial charge in [0, 0.05) is 5.92 Å². The molecule has 4 fully saturated rings. The van der Waals surface area contributed by atoms with E-state index in [9.17, 15) is 24.6 Å². The largest absolute Gasteiger partial charge is 0.481 e. The molecule has 0 amide bonds. The van der Waals surface area contributed by atoms with E-state index in [0.717, 1.165) is 12.0 Å². The number of esters is 2. The first-order valence-corrected chi connectivity index (χ1v) is 10.4. The van der Waals surface area contributed by atoms with Crippen LogP contribution in [0.5, 0.6) is 0 Å². The zero-order valence-electron chi connectivity index (χ0n) is 17.3. The second kappa shape index (κ2) is 6.30. The third-order valence-electron chi connectivity index (χ3n) is 9.04. The van der Waals surface area contributed by atoms with Crippen LogP contribution >= 0.6 is 0 Å². The first kappa shape index (κ1) is 20.4. The summed E-state index contributed by atoms with van der Waals surface area (Å²) in [5.74, 6) is -3.86. The lowest BCUT2D eigenvalue weighted by Crippen LogP contribution is -2.60. The summed E-state index contributed by atoms with van der Waals surface area (Å²) in [5, 5.41) is 21.5. The minimum atomic E-state index is -1.50. The van der Waals surface area contributed by atoms with Crippen LogP contribution in [-0.2, 0) is 23.9 Å². The van der Waals surface area contributed by atoms with Crippen LogP contribution in [0.25, 0.3) is 0 Å². The number of fused-ring (bicyclic) bond motifs is 3. The SMILES string of the molecule is C=C1C[C@]23C[C@H]1CCC2[C@]1(C(=O)O)CC[C@H](O)[C@@](C)(C(=O)OC)C1[C@@H]3C(=O)OC. The summed E-state index contributed by atoms with van der Waals surface area (Å²) in [4.78, 5) is 39.1. The molecule has 0 aliphatic heterocycles. The van der Waals surface area contributed by atoms with Crippen molar-refractivity contribution in [1.29, 1.82) is 0 Å². The molecule has 8 atom stereocenters. The van der Waals surface area contributed by atoms with Gasteiger partial charge in [0.2, 0.25) is 0 Å². The molecule has 2 N–H and O–H groups in total. The number of hydrogen-bond donors (Lipinski definition) is 2. The van der Waals surface area contributed by atoms with Crippen LogP contribution in [0.3, 0.4) is 0 Å². The molecular weight excluding hydrogens is 376 g/mol. The fourth-order valence-electron chi connectivity index (χ4n) is 8.00. The molecule has 4 saturated carbocycles. The van der Waals surface area contributed by atoms with Gasteiger partial charge in [-0.15, -0.1) is 0 Å². The number of methoxy groups -OCH3 is 2. The minimum Gasteiger partial charge on any atom is -0.481 e. The number of aliphatic hydroxyl groups excluding tert-OH is 1. The third kappa shape index (κ3) is 2.20. The van der Waals surface area contributed by atoms with Gasteiger partial charge in [0.1, 0.15) is 0 Å². The number of hydrogen-bond acceptors (Lipinski definition) is 6. The van der Waals surface area contributed by atoms with Crippen LogP contribution in [0.4, 0.5) is 0 Å². The number of carbonyl (C=O) groups is 3. The number of ether oxygens (including phenoxy) is 2. The Balaban J connectivity index is 2.02. The van der Waals surface area contributed by atoms with E-state index in [2.05, 4.69) is 6.58 Å². The number of rotatable bonds is 3. The summed E-state index contributed by atoms with van der Waals surface area (Å²) in [6.45, 7) is 5.78. The molecule has 4 rings (SSSR count). The van der Waals surface area contributed by atoms with Crippen LogP contribution in [0.2, 0.25) is 0 Å². The number of allylic oxidation sites excluding steroid dienone is 1. The Bertz CT molecular complexity index is 790. The Morgan fingerprint density at radius 2 is 1.83 bits per heavy atom. The van der Waals surface area contributed by atoms with Crippen molar-refractivity contribution in [2.45, 2.75) is 51.6 Å². The standard InChI is InChI=1S/C22H30O7/c1-11-9-21-10-12(11)5-6-13(21)22(18(25)26)8-7-14(23)20(2,19(27)29-4)16(22)15(21)17(24)28-3/h12-16,23H,1,5-10H2,2-4H3,(H,25,26)/t12-,13?,14+,15-,16?,20-,21+,22-/m1/s1. The molecule has 0 aromatic carbocycles. The first-order chi connectivity index (χ1) is 13.6. The minimum absolute atomic E-state index is 0.180. The van der Waals surface area contributed by atoms with Gasteiger partial charge in [-0.1, -0.05) is 12.2 Å². The lowest BCUT2D eigenvalue weighted by atomic mass is 9.51. The van der Waals surface area contributed by atoms with Crippen LogP contribution in [0, 0.1) is 39.9 Å². The average molecular weight is 406 g/mol. The molecule has 7 nitrogen and oxygen atoms in total. The van der Waals surface area contributed by atoms with Gasteiger partial charge >= 0.3 is 17.9 Å². The maximum atomic E-state index is 13.2. The van der Waals surface area contributed by atoms with Crippen molar-refractivity contribution >= 4 is 17.9 Å². The maximum absolute atomic E-state index is 13.2. The molecular formula is C22H30O7. The van der Waals surface area contributed by atoms with Crippen LogP contribution in [0.15, 0.2) is 12.2 Å². The highest BCUT2D eigenvalue weighted by Gasteiger charge is 2.80. The monoisotopic (exact) mass is 406 g/mol. The van der Waals surface area contributed by atoms with Gasteiger partial charge in [-0.25, -0.2) is 0 Å². The molecule has 2 bridgehead atoms. The smallest absolute Gasteiger partial charge is 0.314 e. The van der Waals surface area contributed by atoms with Crippen molar-refractivity contribution in [3.8, 4) is 0 Å². The molecule has 4 aliphatic carbocycles. The van der Waals surface area contributed by atoms with Crippen LogP contribution in [-0.4, -0.2) is 48.4 Å². The summed E-state index contributed by atoms with van der Waals surface area (Å²) in [6, 6.07) is 0. The molecule has 4 aliphatic rings. The van der Waals surface area contributed by atoms with Gasteiger partial charge in [-0.3, -0.25) is 14.4 Å². The summed E-state index contributed by atoms with van der Waals surface area (Å²) >= 11 is 0. The molecule has 0 heterocycles. The summed E-state index contributed by atoms with van der Waals surface area (Å²) in [5.41, 5.74) is -2.33. The van der Waals surface area contributed by atoms with E-state index in [0.29, 0.717) is 19.3 Å². The number of aliphatic carboxylic acids is 1. The van der Waals surface area contributed by atoms with E-state index in [1.54, 1.807) is 6.92 Å². The van der Waals surface area contributed by atoms with Gasteiger partial charge in [0.15, 0.2) is 0 Å². The van der Waals surface area contributed by atoms with Crippen LogP contribution in [0.1, 0.15) is 45.4 Å². The summed E-state index contributed by atoms with van der Waals surface area (Å²) < 4.78 is 10.2. The van der Waals surface area contributed by atoms with E-state index in [4.69, 9.17) is 9.47 Å². The van der Waals surface area contributed by atoms with Crippen molar-refractivity contribution < 1.29 is 34.1 Å². The van der Waals surface area contributed by atoms with Crippen molar-refractivity contribution in [1.82, 2.24) is 0 Å². The zero-order chi connectivity index (χ0) is 21.4. The molecule has 1 spiro atoms. The predicted molar refractivity (Wildman–Crippen MR) is 101 cm³/mol. The van der Waals surface area contributed by atoms with Gasteiger partial charge in [-0.2, -0.15) is 0 Å². The fraction of sp³-hybridized carbons (Fsp3) is 0.773. The van der Waals surface area contributed by atoms with Crippen molar-refractivity contribution in [2.75, 3.05) is 14.2 Å². The predicted octanol–water partition coefficient (Wildman–Crippen LogP) is 2.17. The molecule has 0 aromatic heterocycles. The average Bonchev–Trinajstić information content (AvgIpc) is 3.11. The number of carbonyl (C=O) groups excluding carboxylic acids is 2. The van der Waals surface area contributed by atoms with Crippen LogP contribution < -0.4 is 0 Å². The molecule has 160 valence electrons. The summed E-state index contributed by atoms with van der Waals surface area (Å²) in [6.07, 6.45) is 2.11. The van der Waals surface area contributed by atoms with E-state index < -0.39 is 52.1 Å². The van der Waals surface area contributed by atoms with E-state index in [1.165, 1.54) is 14.2 Å². The Kier molecular flexibility index (Phi) is 4.43. The fourth-order valence-corrected chi connectivity index (χ4v) is 8.00. The topological polar surface area (TPSA) is 110 Å². The Morgan fingerprint density at radius 1 is 1.14 bits per heavy atom. The Hall–Kier alpha value is -1.89. The zero-order valence-corrected chi connectivity index (χ0v) is 17.3. The highest BCUT2D eigenvalue weighted by atomic mass is 16.5. The van der Waals surface area contributed by atoms with Crippen molar-refractivity contribution in [2.24, 2.45) is 39.9 Å². The van der Waals surface area contributed by atoms with Gasteiger partial charge in [0.05, 0.1) is 37.1 Å². The lowest BCUT2D eigenvalue weighted by molar-refractivity contribution is -0.194. The highest BCUT2D eigenvalue weighted by molar-refractivity contribution is 5.87. The quantitative estimate of drug-likeness (QED) is 0.546. The lowest BCUT2D eigenvalue weighted by Gasteiger charge is -2.51. The van der Waals surface area contributed by atoms with Crippen molar-refractivity contribution in [3.05, 3.63) is 12.2 Å². The molecule has 2 unspecified atom stereocenters. The van der Waals surface area contributed by atoms with E-state index in [1.807, 2.05) is 0 Å². The third-order valence-corrected chi connectivity index (χ3v) is 9.04. The number of aliphatic hydroxyl groups is 1. The molecule has 0 saturated heterocycles. The Morgan fingerprint density at radius 3 is 2.41 bits per heavy atom. The molecule has 7 heteroatoms. The first-order valence-electron chi connectivity index (χ1n) is 10.4. The Labute approximate surface area is 170 Å². The van der Waals surface area contributed by atoms with Crippen molar-refractivity contribution in [3.63, 3.8) is 0 Å². The highest BCUT2D eigenvalue weighted by Crippen LogP contribution is 2.77. The summed E-state index contributed by atoms with van der Waals surface area (Å²) in [7, 11) is 2.53. The normalized spacial score (nSPS) is 47.9. The number of carboxylic acid groups (broad SMARTS) is 1. The maximum Gasteiger partial charge on any atom is 0.314 e. The van der Waals surface area contributed by atoms with E-state index >= 15 is 0 Å². The second-order valence-electron chi connectivity index (χ2n) is 9.75. The van der Waals surface area contributed by atoms with Gasteiger partial charge in [0.25, 0.3) is 0 Å². The molecule has 0 aromatic rings. The molecule has 0 radical (unpaired) electrons. The number of carboxylic acids is 1. The molecule has 29 heavy (non-hydrogen) atoms.